The molecule has 6 nitrogen and oxygen atoms in total. The largest absolute Gasteiger partial charge is 0.379 e. The zero-order valence-corrected chi connectivity index (χ0v) is 13.6. The van der Waals surface area contributed by atoms with Crippen LogP contribution in [0.4, 0.5) is 0 Å². The van der Waals surface area contributed by atoms with Crippen molar-refractivity contribution in [3.8, 4) is 0 Å². The summed E-state index contributed by atoms with van der Waals surface area (Å²) in [6.07, 6.45) is 0.894. The number of nitrogens with one attached hydrogen (secondary N) is 2. The Kier molecular flexibility index (Phi) is 7.03. The topological polar surface area (TPSA) is 70.7 Å². The lowest BCUT2D eigenvalue weighted by Crippen LogP contribution is -2.45. The zero-order valence-electron chi connectivity index (χ0n) is 13.6. The van der Waals surface area contributed by atoms with Gasteiger partial charge in [0.1, 0.15) is 6.04 Å². The number of nitrogens with zero attached hydrogens (tertiary/aromatic N) is 1. The Bertz CT molecular complexity index is 501. The first-order chi connectivity index (χ1) is 11.2. The Morgan fingerprint density at radius 3 is 2.61 bits per heavy atom. The van der Waals surface area contributed by atoms with Crippen molar-refractivity contribution in [3.63, 3.8) is 0 Å². The lowest BCUT2D eigenvalue weighted by molar-refractivity contribution is -0.122. The molecule has 0 spiro atoms. The summed E-state index contributed by atoms with van der Waals surface area (Å²) in [5.74, 6) is -0.391. The van der Waals surface area contributed by atoms with Crippen LogP contribution < -0.4 is 10.6 Å². The molecule has 1 heterocycles. The van der Waals surface area contributed by atoms with Gasteiger partial charge in [-0.1, -0.05) is 18.2 Å². The molecule has 126 valence electrons. The molecule has 1 aromatic carbocycles. The maximum atomic E-state index is 12.0. The predicted molar refractivity (Wildman–Crippen MR) is 88.3 cm³/mol. The fraction of sp³-hybridized carbons (Fsp3) is 0.529. The first-order valence-corrected chi connectivity index (χ1v) is 8.10. The van der Waals surface area contributed by atoms with Gasteiger partial charge in [-0.3, -0.25) is 14.5 Å². The average molecular weight is 319 g/mol. The van der Waals surface area contributed by atoms with Crippen molar-refractivity contribution in [3.05, 3.63) is 35.9 Å². The van der Waals surface area contributed by atoms with Gasteiger partial charge < -0.3 is 15.4 Å². The predicted octanol–water partition coefficient (Wildman–Crippen LogP) is 0.643. The van der Waals surface area contributed by atoms with E-state index in [9.17, 15) is 9.59 Å². The van der Waals surface area contributed by atoms with Crippen LogP contribution in [0.2, 0.25) is 0 Å². The second-order valence-corrected chi connectivity index (χ2v) is 5.66. The average Bonchev–Trinajstić information content (AvgIpc) is 2.60. The molecule has 1 aliphatic rings. The third kappa shape index (κ3) is 6.00. The van der Waals surface area contributed by atoms with Crippen LogP contribution in [0.3, 0.4) is 0 Å². The molecule has 1 aliphatic heterocycles. The number of morpholine rings is 1. The molecule has 1 saturated heterocycles. The Morgan fingerprint density at radius 2 is 1.91 bits per heavy atom. The Balaban J connectivity index is 1.63. The quantitative estimate of drug-likeness (QED) is 0.724. The number of hydrogen-bond acceptors (Lipinski definition) is 4. The third-order valence-corrected chi connectivity index (χ3v) is 3.83. The molecule has 0 bridgehead atoms. The standard InChI is InChI=1S/C17H25N3O3/c1-14(19-17(22)15-6-3-2-4-7-15)16(21)18-8-5-9-20-10-12-23-13-11-20/h2-4,6-7,14H,5,8-13H2,1H3,(H,18,21)(H,19,22). The lowest BCUT2D eigenvalue weighted by atomic mass is 10.2. The minimum Gasteiger partial charge on any atom is -0.379 e. The first kappa shape index (κ1) is 17.4. The highest BCUT2D eigenvalue weighted by Crippen LogP contribution is 1.99. The van der Waals surface area contributed by atoms with E-state index in [1.165, 1.54) is 0 Å². The molecular weight excluding hydrogens is 294 g/mol. The van der Waals surface area contributed by atoms with Crippen LogP contribution in [0, 0.1) is 0 Å². The molecule has 1 aromatic rings. The molecule has 23 heavy (non-hydrogen) atoms. The van der Waals surface area contributed by atoms with E-state index in [0.29, 0.717) is 12.1 Å². The molecule has 1 fully saturated rings. The van der Waals surface area contributed by atoms with Crippen LogP contribution in [0.5, 0.6) is 0 Å². The maximum Gasteiger partial charge on any atom is 0.251 e. The highest BCUT2D eigenvalue weighted by molar-refractivity contribution is 5.97. The summed E-state index contributed by atoms with van der Waals surface area (Å²) in [6.45, 7) is 6.74. The summed E-state index contributed by atoms with van der Waals surface area (Å²) in [5.41, 5.74) is 0.555. The van der Waals surface area contributed by atoms with E-state index in [0.717, 1.165) is 39.3 Å². The Morgan fingerprint density at radius 1 is 1.22 bits per heavy atom. The van der Waals surface area contributed by atoms with Gasteiger partial charge in [0.05, 0.1) is 13.2 Å². The normalized spacial score (nSPS) is 16.6. The number of benzene rings is 1. The summed E-state index contributed by atoms with van der Waals surface area (Å²) in [5, 5.41) is 5.58. The number of ether oxygens (including phenoxy) is 1. The van der Waals surface area contributed by atoms with E-state index < -0.39 is 6.04 Å². The number of rotatable bonds is 7. The zero-order chi connectivity index (χ0) is 16.5. The van der Waals surface area contributed by atoms with Gasteiger partial charge in [-0.05, 0) is 32.0 Å². The molecule has 0 saturated carbocycles. The van der Waals surface area contributed by atoms with Gasteiger partial charge in [0.25, 0.3) is 5.91 Å². The summed E-state index contributed by atoms with van der Waals surface area (Å²) in [7, 11) is 0. The highest BCUT2D eigenvalue weighted by atomic mass is 16.5. The lowest BCUT2D eigenvalue weighted by Gasteiger charge is -2.26. The number of hydrogen-bond donors (Lipinski definition) is 2. The minimum atomic E-state index is -0.550. The third-order valence-electron chi connectivity index (χ3n) is 3.83. The van der Waals surface area contributed by atoms with Gasteiger partial charge in [0, 0.05) is 25.2 Å². The van der Waals surface area contributed by atoms with E-state index in [2.05, 4.69) is 15.5 Å². The van der Waals surface area contributed by atoms with Gasteiger partial charge in [0.2, 0.25) is 5.91 Å². The SMILES string of the molecule is CC(NC(=O)c1ccccc1)C(=O)NCCCN1CCOCC1. The van der Waals surface area contributed by atoms with Crippen LogP contribution in [-0.2, 0) is 9.53 Å². The summed E-state index contributed by atoms with van der Waals surface area (Å²) in [4.78, 5) is 26.3. The fourth-order valence-electron chi connectivity index (χ4n) is 2.43. The summed E-state index contributed by atoms with van der Waals surface area (Å²) in [6, 6.07) is 8.34. The van der Waals surface area contributed by atoms with Gasteiger partial charge in [-0.25, -0.2) is 0 Å². The van der Waals surface area contributed by atoms with Crippen molar-refractivity contribution >= 4 is 11.8 Å². The van der Waals surface area contributed by atoms with Gasteiger partial charge >= 0.3 is 0 Å². The van der Waals surface area contributed by atoms with Crippen molar-refractivity contribution in [2.75, 3.05) is 39.4 Å². The van der Waals surface area contributed by atoms with Crippen molar-refractivity contribution in [2.45, 2.75) is 19.4 Å². The van der Waals surface area contributed by atoms with Crippen molar-refractivity contribution in [2.24, 2.45) is 0 Å². The van der Waals surface area contributed by atoms with E-state index in [-0.39, 0.29) is 11.8 Å². The van der Waals surface area contributed by atoms with Gasteiger partial charge in [0.15, 0.2) is 0 Å². The van der Waals surface area contributed by atoms with Crippen molar-refractivity contribution in [1.29, 1.82) is 0 Å². The molecule has 2 rings (SSSR count). The monoisotopic (exact) mass is 319 g/mol. The molecule has 6 heteroatoms. The number of carbonyl (C=O) groups is 2. The smallest absolute Gasteiger partial charge is 0.251 e. The highest BCUT2D eigenvalue weighted by Gasteiger charge is 2.16. The Labute approximate surface area is 137 Å². The van der Waals surface area contributed by atoms with E-state index in [1.54, 1.807) is 31.2 Å². The molecule has 1 unspecified atom stereocenters. The van der Waals surface area contributed by atoms with E-state index in [4.69, 9.17) is 4.74 Å². The van der Waals surface area contributed by atoms with Crippen LogP contribution in [0.25, 0.3) is 0 Å². The van der Waals surface area contributed by atoms with E-state index in [1.807, 2.05) is 6.07 Å². The minimum absolute atomic E-state index is 0.156. The fourth-order valence-corrected chi connectivity index (χ4v) is 2.43. The number of amides is 2. The summed E-state index contributed by atoms with van der Waals surface area (Å²) < 4.78 is 5.30. The second kappa shape index (κ2) is 9.27. The molecule has 2 N–H and O–H groups in total. The van der Waals surface area contributed by atoms with Gasteiger partial charge in [-0.15, -0.1) is 0 Å². The second-order valence-electron chi connectivity index (χ2n) is 5.66. The molecule has 0 radical (unpaired) electrons. The maximum absolute atomic E-state index is 12.0. The van der Waals surface area contributed by atoms with Crippen LogP contribution in [0.15, 0.2) is 30.3 Å². The Hall–Kier alpha value is -1.92. The molecule has 0 aliphatic carbocycles. The van der Waals surface area contributed by atoms with Crippen LogP contribution in [0.1, 0.15) is 23.7 Å². The van der Waals surface area contributed by atoms with Gasteiger partial charge in [-0.2, -0.15) is 0 Å². The van der Waals surface area contributed by atoms with Crippen molar-refractivity contribution < 1.29 is 14.3 Å². The van der Waals surface area contributed by atoms with E-state index >= 15 is 0 Å². The van der Waals surface area contributed by atoms with Crippen molar-refractivity contribution in [1.82, 2.24) is 15.5 Å². The summed E-state index contributed by atoms with van der Waals surface area (Å²) >= 11 is 0. The molecule has 1 atom stereocenters. The number of carbonyl (C=O) groups excluding carboxylic acids is 2. The molecule has 2 amide bonds. The van der Waals surface area contributed by atoms with Crippen LogP contribution in [-0.4, -0.2) is 62.1 Å². The first-order valence-electron chi connectivity index (χ1n) is 8.10. The molecular formula is C17H25N3O3. The van der Waals surface area contributed by atoms with Crippen LogP contribution >= 0.6 is 0 Å². The molecule has 0 aromatic heterocycles.